The fourth-order valence-corrected chi connectivity index (χ4v) is 4.02. The molecule has 1 fully saturated rings. The van der Waals surface area contributed by atoms with Crippen LogP contribution in [0.5, 0.6) is 0 Å². The predicted octanol–water partition coefficient (Wildman–Crippen LogP) is 4.85. The molecule has 1 nitrogen and oxygen atoms in total. The summed E-state index contributed by atoms with van der Waals surface area (Å²) in [6.07, 6.45) is 5.07. The Morgan fingerprint density at radius 3 is 2.76 bits per heavy atom. The summed E-state index contributed by atoms with van der Waals surface area (Å²) in [7, 11) is 0. The molecule has 0 spiro atoms. The zero-order valence-corrected chi connectivity index (χ0v) is 13.6. The Bertz CT molecular complexity index is 520. The van der Waals surface area contributed by atoms with Crippen LogP contribution in [0.3, 0.4) is 0 Å². The lowest BCUT2D eigenvalue weighted by atomic mass is 10.0. The zero-order valence-electron chi connectivity index (χ0n) is 12.8. The van der Waals surface area contributed by atoms with Crippen molar-refractivity contribution < 1.29 is 0 Å². The van der Waals surface area contributed by atoms with Crippen LogP contribution in [0, 0.1) is 5.92 Å². The number of nitrogens with one attached hydrogen (secondary N) is 1. The fourth-order valence-electron chi connectivity index (χ4n) is 3.29. The van der Waals surface area contributed by atoms with Gasteiger partial charge in [-0.2, -0.15) is 0 Å². The monoisotopic (exact) mass is 299 g/mol. The Labute approximate surface area is 132 Å². The lowest BCUT2D eigenvalue weighted by Crippen LogP contribution is -2.32. The van der Waals surface area contributed by atoms with E-state index in [1.54, 1.807) is 0 Å². The SMILES string of the molecule is CCCNC(CCc1cccs1)C1CC1c1ccccc1. The summed E-state index contributed by atoms with van der Waals surface area (Å²) in [6.45, 7) is 3.40. The summed E-state index contributed by atoms with van der Waals surface area (Å²) in [5.74, 6) is 1.61. The minimum atomic E-state index is 0.678. The van der Waals surface area contributed by atoms with Gasteiger partial charge in [0.2, 0.25) is 0 Å². The van der Waals surface area contributed by atoms with Gasteiger partial charge in [0, 0.05) is 10.9 Å². The van der Waals surface area contributed by atoms with Crippen LogP contribution in [0.4, 0.5) is 0 Å². The van der Waals surface area contributed by atoms with Gasteiger partial charge in [-0.1, -0.05) is 43.3 Å². The number of aryl methyl sites for hydroxylation is 1. The molecule has 1 N–H and O–H groups in total. The van der Waals surface area contributed by atoms with E-state index >= 15 is 0 Å². The Kier molecular flexibility index (Phi) is 5.10. The van der Waals surface area contributed by atoms with Crippen molar-refractivity contribution in [3.05, 3.63) is 58.3 Å². The van der Waals surface area contributed by atoms with Crippen LogP contribution in [0.25, 0.3) is 0 Å². The summed E-state index contributed by atoms with van der Waals surface area (Å²) < 4.78 is 0. The first-order valence-electron chi connectivity index (χ1n) is 8.19. The molecule has 112 valence electrons. The number of thiophene rings is 1. The summed E-state index contributed by atoms with van der Waals surface area (Å²) in [5.41, 5.74) is 1.53. The molecule has 0 saturated heterocycles. The highest BCUT2D eigenvalue weighted by molar-refractivity contribution is 7.09. The highest BCUT2D eigenvalue weighted by Gasteiger charge is 2.43. The smallest absolute Gasteiger partial charge is 0.0105 e. The van der Waals surface area contributed by atoms with Crippen molar-refractivity contribution in [3.8, 4) is 0 Å². The maximum atomic E-state index is 3.80. The molecule has 1 aromatic heterocycles. The van der Waals surface area contributed by atoms with Crippen LogP contribution in [-0.2, 0) is 6.42 Å². The number of hydrogen-bond donors (Lipinski definition) is 1. The van der Waals surface area contributed by atoms with Gasteiger partial charge in [-0.15, -0.1) is 11.3 Å². The van der Waals surface area contributed by atoms with E-state index < -0.39 is 0 Å². The van der Waals surface area contributed by atoms with Crippen LogP contribution >= 0.6 is 11.3 Å². The van der Waals surface area contributed by atoms with Crippen molar-refractivity contribution in [1.82, 2.24) is 5.32 Å². The maximum absolute atomic E-state index is 3.80. The van der Waals surface area contributed by atoms with E-state index in [0.29, 0.717) is 6.04 Å². The van der Waals surface area contributed by atoms with Gasteiger partial charge in [-0.3, -0.25) is 0 Å². The number of benzene rings is 1. The molecule has 3 rings (SSSR count). The molecule has 1 aromatic carbocycles. The molecular formula is C19H25NS. The van der Waals surface area contributed by atoms with Gasteiger partial charge >= 0.3 is 0 Å². The van der Waals surface area contributed by atoms with Crippen LogP contribution in [0.1, 0.15) is 42.5 Å². The molecule has 0 amide bonds. The quantitative estimate of drug-likeness (QED) is 0.734. The second-order valence-corrected chi connectivity index (χ2v) is 7.13. The highest BCUT2D eigenvalue weighted by atomic mass is 32.1. The zero-order chi connectivity index (χ0) is 14.5. The summed E-state index contributed by atoms with van der Waals surface area (Å²) >= 11 is 1.89. The molecule has 0 aliphatic heterocycles. The molecule has 3 atom stereocenters. The van der Waals surface area contributed by atoms with E-state index in [4.69, 9.17) is 0 Å². The maximum Gasteiger partial charge on any atom is 0.0105 e. The molecular weight excluding hydrogens is 274 g/mol. The minimum Gasteiger partial charge on any atom is -0.314 e. The van der Waals surface area contributed by atoms with Gasteiger partial charge in [0.25, 0.3) is 0 Å². The molecule has 0 radical (unpaired) electrons. The largest absolute Gasteiger partial charge is 0.314 e. The summed E-state index contributed by atoms with van der Waals surface area (Å²) in [5, 5.41) is 5.99. The molecule has 1 saturated carbocycles. The number of rotatable bonds is 8. The van der Waals surface area contributed by atoms with Crippen molar-refractivity contribution >= 4 is 11.3 Å². The normalized spacial score (nSPS) is 22.1. The molecule has 21 heavy (non-hydrogen) atoms. The van der Waals surface area contributed by atoms with Gasteiger partial charge < -0.3 is 5.32 Å². The standard InChI is InChI=1S/C19H25NS/c1-2-12-20-19(11-10-16-9-6-13-21-16)18-14-17(18)15-7-4-3-5-8-15/h3-9,13,17-20H,2,10-12,14H2,1H3. The third-order valence-electron chi connectivity index (χ3n) is 4.52. The van der Waals surface area contributed by atoms with Crippen LogP contribution in [0.2, 0.25) is 0 Å². The Morgan fingerprint density at radius 1 is 1.19 bits per heavy atom. The third-order valence-corrected chi connectivity index (χ3v) is 5.46. The highest BCUT2D eigenvalue weighted by Crippen LogP contribution is 2.50. The van der Waals surface area contributed by atoms with E-state index in [9.17, 15) is 0 Å². The van der Waals surface area contributed by atoms with E-state index in [1.165, 1.54) is 36.1 Å². The average Bonchev–Trinajstić information content (AvgIpc) is 3.15. The van der Waals surface area contributed by atoms with Gasteiger partial charge in [-0.05, 0) is 61.1 Å². The van der Waals surface area contributed by atoms with Crippen molar-refractivity contribution in [3.63, 3.8) is 0 Å². The van der Waals surface area contributed by atoms with Gasteiger partial charge in [0.05, 0.1) is 0 Å². The average molecular weight is 299 g/mol. The Balaban J connectivity index is 1.58. The van der Waals surface area contributed by atoms with Crippen LogP contribution < -0.4 is 5.32 Å². The summed E-state index contributed by atoms with van der Waals surface area (Å²) in [6, 6.07) is 16.2. The van der Waals surface area contributed by atoms with E-state index in [2.05, 4.69) is 60.1 Å². The molecule has 1 aliphatic rings. The third kappa shape index (κ3) is 3.96. The molecule has 2 heteroatoms. The van der Waals surface area contributed by atoms with Gasteiger partial charge in [0.15, 0.2) is 0 Å². The minimum absolute atomic E-state index is 0.678. The Hall–Kier alpha value is -1.12. The first kappa shape index (κ1) is 14.8. The first-order valence-corrected chi connectivity index (χ1v) is 9.07. The van der Waals surface area contributed by atoms with Gasteiger partial charge in [-0.25, -0.2) is 0 Å². The van der Waals surface area contributed by atoms with Gasteiger partial charge in [0.1, 0.15) is 0 Å². The topological polar surface area (TPSA) is 12.0 Å². The van der Waals surface area contributed by atoms with Crippen molar-refractivity contribution in [1.29, 1.82) is 0 Å². The predicted molar refractivity (Wildman–Crippen MR) is 92.0 cm³/mol. The second kappa shape index (κ2) is 7.24. The van der Waals surface area contributed by atoms with Crippen LogP contribution in [0.15, 0.2) is 47.8 Å². The first-order chi connectivity index (χ1) is 10.4. The van der Waals surface area contributed by atoms with E-state index in [1.807, 2.05) is 11.3 Å². The molecule has 2 aromatic rings. The molecule has 1 aliphatic carbocycles. The lowest BCUT2D eigenvalue weighted by Gasteiger charge is -2.18. The van der Waals surface area contributed by atoms with Crippen molar-refractivity contribution in [2.75, 3.05) is 6.54 Å². The second-order valence-electron chi connectivity index (χ2n) is 6.10. The number of hydrogen-bond acceptors (Lipinski definition) is 2. The molecule has 1 heterocycles. The van der Waals surface area contributed by atoms with Crippen molar-refractivity contribution in [2.24, 2.45) is 5.92 Å². The fraction of sp³-hybridized carbons (Fsp3) is 0.474. The van der Waals surface area contributed by atoms with E-state index in [0.717, 1.165) is 18.4 Å². The van der Waals surface area contributed by atoms with E-state index in [-0.39, 0.29) is 0 Å². The Morgan fingerprint density at radius 2 is 2.05 bits per heavy atom. The molecule has 0 bridgehead atoms. The van der Waals surface area contributed by atoms with Crippen molar-refractivity contribution in [2.45, 2.75) is 44.6 Å². The lowest BCUT2D eigenvalue weighted by molar-refractivity contribution is 0.430. The summed E-state index contributed by atoms with van der Waals surface area (Å²) in [4.78, 5) is 1.52. The molecule has 3 unspecified atom stereocenters. The van der Waals surface area contributed by atoms with Crippen LogP contribution in [-0.4, -0.2) is 12.6 Å².